The molecule has 0 unspecified atom stereocenters. The molecule has 0 fully saturated rings. The maximum Gasteiger partial charge on any atom is 0.338 e. The molecule has 2 aromatic rings. The standard InChI is InChI=1S/C16H19N5O2/c1-9(2)11-5-7-12(8-6-11)14-13(15(22)23-4)10(3)17-16-18-19-20-21(14)16/h5-9,14H,1-4H3,(H,17,18,20)/t14-/m0/s1. The lowest BCUT2D eigenvalue weighted by molar-refractivity contribution is -0.136. The first-order valence-electron chi connectivity index (χ1n) is 7.46. The van der Waals surface area contributed by atoms with E-state index in [1.54, 1.807) is 4.68 Å². The van der Waals surface area contributed by atoms with Crippen LogP contribution in [0.4, 0.5) is 5.95 Å². The van der Waals surface area contributed by atoms with Gasteiger partial charge in [-0.25, -0.2) is 4.79 Å². The summed E-state index contributed by atoms with van der Waals surface area (Å²) in [6, 6.07) is 7.74. The molecular formula is C16H19N5O2. The molecule has 23 heavy (non-hydrogen) atoms. The molecule has 0 amide bonds. The number of nitrogens with one attached hydrogen (secondary N) is 1. The Labute approximate surface area is 134 Å². The molecule has 1 N–H and O–H groups in total. The number of tetrazole rings is 1. The summed E-state index contributed by atoms with van der Waals surface area (Å²) in [4.78, 5) is 12.3. The minimum absolute atomic E-state index is 0.394. The molecule has 1 aliphatic rings. The highest BCUT2D eigenvalue weighted by Gasteiger charge is 2.34. The molecule has 1 aliphatic heterocycles. The zero-order valence-electron chi connectivity index (χ0n) is 13.6. The van der Waals surface area contributed by atoms with Crippen molar-refractivity contribution < 1.29 is 9.53 Å². The van der Waals surface area contributed by atoms with E-state index in [-0.39, 0.29) is 0 Å². The van der Waals surface area contributed by atoms with Crippen LogP contribution in [0.5, 0.6) is 0 Å². The summed E-state index contributed by atoms with van der Waals surface area (Å²) in [5.41, 5.74) is 3.37. The van der Waals surface area contributed by atoms with E-state index in [9.17, 15) is 4.79 Å². The highest BCUT2D eigenvalue weighted by Crippen LogP contribution is 2.35. The number of hydrogen-bond donors (Lipinski definition) is 1. The van der Waals surface area contributed by atoms with Crippen LogP contribution >= 0.6 is 0 Å². The Balaban J connectivity index is 2.11. The van der Waals surface area contributed by atoms with Crippen molar-refractivity contribution in [3.05, 3.63) is 46.7 Å². The third-order valence-electron chi connectivity index (χ3n) is 4.04. The Morgan fingerprint density at radius 3 is 2.61 bits per heavy atom. The van der Waals surface area contributed by atoms with Gasteiger partial charge in [-0.2, -0.15) is 4.68 Å². The number of rotatable bonds is 3. The topological polar surface area (TPSA) is 81.9 Å². The Kier molecular flexibility index (Phi) is 3.85. The number of benzene rings is 1. The van der Waals surface area contributed by atoms with Gasteiger partial charge in [0.15, 0.2) is 0 Å². The SMILES string of the molecule is COC(=O)C1=C(C)Nc2nnnn2[C@H]1c1ccc(C(C)C)cc1. The van der Waals surface area contributed by atoms with Crippen molar-refractivity contribution in [2.24, 2.45) is 0 Å². The molecule has 0 saturated heterocycles. The van der Waals surface area contributed by atoms with E-state index in [4.69, 9.17) is 4.74 Å². The molecule has 1 aromatic heterocycles. The molecular weight excluding hydrogens is 294 g/mol. The fraction of sp³-hybridized carbons (Fsp3) is 0.375. The van der Waals surface area contributed by atoms with Crippen LogP contribution in [-0.2, 0) is 9.53 Å². The van der Waals surface area contributed by atoms with Crippen LogP contribution in [0.1, 0.15) is 43.9 Å². The van der Waals surface area contributed by atoms with Crippen molar-refractivity contribution in [2.45, 2.75) is 32.7 Å². The zero-order valence-corrected chi connectivity index (χ0v) is 13.6. The monoisotopic (exact) mass is 313 g/mol. The van der Waals surface area contributed by atoms with Crippen LogP contribution in [0.25, 0.3) is 0 Å². The molecule has 7 heteroatoms. The van der Waals surface area contributed by atoms with Crippen LogP contribution in [0, 0.1) is 0 Å². The molecule has 0 bridgehead atoms. The summed E-state index contributed by atoms with van der Waals surface area (Å²) in [6.45, 7) is 6.10. The third-order valence-corrected chi connectivity index (χ3v) is 4.04. The summed E-state index contributed by atoms with van der Waals surface area (Å²) >= 11 is 0. The molecule has 120 valence electrons. The van der Waals surface area contributed by atoms with Gasteiger partial charge in [0.05, 0.1) is 12.7 Å². The molecule has 1 atom stereocenters. The number of anilines is 1. The van der Waals surface area contributed by atoms with E-state index >= 15 is 0 Å². The van der Waals surface area contributed by atoms with Gasteiger partial charge in [0.1, 0.15) is 6.04 Å². The Morgan fingerprint density at radius 1 is 1.30 bits per heavy atom. The Hall–Kier alpha value is -2.70. The summed E-state index contributed by atoms with van der Waals surface area (Å²) in [5, 5.41) is 14.7. The average molecular weight is 313 g/mol. The maximum absolute atomic E-state index is 12.3. The van der Waals surface area contributed by atoms with Crippen LogP contribution in [0.2, 0.25) is 0 Å². The van der Waals surface area contributed by atoms with E-state index in [0.717, 1.165) is 5.56 Å². The summed E-state index contributed by atoms with van der Waals surface area (Å²) in [7, 11) is 1.37. The normalized spacial score (nSPS) is 17.0. The van der Waals surface area contributed by atoms with Gasteiger partial charge in [0, 0.05) is 5.70 Å². The molecule has 0 radical (unpaired) electrons. The van der Waals surface area contributed by atoms with E-state index in [0.29, 0.717) is 23.1 Å². The number of allylic oxidation sites excluding steroid dienone is 1. The van der Waals surface area contributed by atoms with Gasteiger partial charge < -0.3 is 10.1 Å². The fourth-order valence-electron chi connectivity index (χ4n) is 2.76. The van der Waals surface area contributed by atoms with Crippen molar-refractivity contribution in [3.8, 4) is 0 Å². The number of hydrogen-bond acceptors (Lipinski definition) is 6. The number of fused-ring (bicyclic) bond motifs is 1. The average Bonchev–Trinajstić information content (AvgIpc) is 3.00. The first kappa shape index (κ1) is 15.2. The number of esters is 1. The van der Waals surface area contributed by atoms with Crippen molar-refractivity contribution in [1.29, 1.82) is 0 Å². The number of aromatic nitrogens is 4. The van der Waals surface area contributed by atoms with Crippen molar-refractivity contribution in [2.75, 3.05) is 12.4 Å². The third kappa shape index (κ3) is 2.58. The summed E-state index contributed by atoms with van der Waals surface area (Å²) in [6.07, 6.45) is 0. The maximum atomic E-state index is 12.3. The van der Waals surface area contributed by atoms with E-state index in [1.165, 1.54) is 12.7 Å². The van der Waals surface area contributed by atoms with Crippen LogP contribution in [0.3, 0.4) is 0 Å². The van der Waals surface area contributed by atoms with Crippen LogP contribution in [0.15, 0.2) is 35.5 Å². The lowest BCUT2D eigenvalue weighted by Gasteiger charge is -2.27. The molecule has 2 heterocycles. The predicted octanol–water partition coefficient (Wildman–Crippen LogP) is 2.26. The smallest absolute Gasteiger partial charge is 0.338 e. The van der Waals surface area contributed by atoms with Crippen LogP contribution < -0.4 is 5.32 Å². The Bertz CT molecular complexity index is 761. The predicted molar refractivity (Wildman–Crippen MR) is 84.8 cm³/mol. The van der Waals surface area contributed by atoms with Gasteiger partial charge in [-0.1, -0.05) is 43.2 Å². The van der Waals surface area contributed by atoms with Gasteiger partial charge in [-0.05, 0) is 34.4 Å². The number of nitrogens with zero attached hydrogens (tertiary/aromatic N) is 4. The van der Waals surface area contributed by atoms with Crippen molar-refractivity contribution >= 4 is 11.9 Å². The molecule has 1 aromatic carbocycles. The quantitative estimate of drug-likeness (QED) is 0.875. The number of methoxy groups -OCH3 is 1. The second kappa shape index (κ2) is 5.83. The fourth-order valence-corrected chi connectivity index (χ4v) is 2.76. The van der Waals surface area contributed by atoms with Crippen LogP contribution in [-0.4, -0.2) is 33.3 Å². The lowest BCUT2D eigenvalue weighted by atomic mass is 9.93. The minimum Gasteiger partial charge on any atom is -0.466 e. The van der Waals surface area contributed by atoms with Crippen molar-refractivity contribution in [3.63, 3.8) is 0 Å². The Morgan fingerprint density at radius 2 is 2.00 bits per heavy atom. The second-order valence-electron chi connectivity index (χ2n) is 5.83. The van der Waals surface area contributed by atoms with Gasteiger partial charge in [0.25, 0.3) is 0 Å². The van der Waals surface area contributed by atoms with Crippen molar-refractivity contribution in [1.82, 2.24) is 20.2 Å². The number of carbonyl (C=O) groups is 1. The van der Waals surface area contributed by atoms with Gasteiger partial charge >= 0.3 is 5.97 Å². The molecule has 3 rings (SSSR count). The second-order valence-corrected chi connectivity index (χ2v) is 5.83. The number of carbonyl (C=O) groups excluding carboxylic acids is 1. The molecule has 0 saturated carbocycles. The molecule has 0 aliphatic carbocycles. The first-order valence-corrected chi connectivity index (χ1v) is 7.46. The van der Waals surface area contributed by atoms with E-state index in [1.807, 2.05) is 19.1 Å². The highest BCUT2D eigenvalue weighted by atomic mass is 16.5. The van der Waals surface area contributed by atoms with Gasteiger partial charge in [-0.15, -0.1) is 0 Å². The van der Waals surface area contributed by atoms with Gasteiger partial charge in [0.2, 0.25) is 5.95 Å². The minimum atomic E-state index is -0.407. The van der Waals surface area contributed by atoms with E-state index in [2.05, 4.69) is 46.8 Å². The first-order chi connectivity index (χ1) is 11.0. The molecule has 7 nitrogen and oxygen atoms in total. The van der Waals surface area contributed by atoms with E-state index < -0.39 is 12.0 Å². The summed E-state index contributed by atoms with van der Waals surface area (Å²) in [5.74, 6) is 0.556. The highest BCUT2D eigenvalue weighted by molar-refractivity contribution is 5.92. The zero-order chi connectivity index (χ0) is 16.6. The summed E-state index contributed by atoms with van der Waals surface area (Å²) < 4.78 is 6.55. The lowest BCUT2D eigenvalue weighted by Crippen LogP contribution is -2.29. The molecule has 0 spiro atoms. The van der Waals surface area contributed by atoms with Gasteiger partial charge in [-0.3, -0.25) is 0 Å². The number of ether oxygens (including phenoxy) is 1. The largest absolute Gasteiger partial charge is 0.466 e.